The Morgan fingerprint density at radius 1 is 1.27 bits per heavy atom. The van der Waals surface area contributed by atoms with E-state index in [1.54, 1.807) is 6.20 Å². The molecule has 0 spiro atoms. The van der Waals surface area contributed by atoms with Crippen LogP contribution in [-0.2, 0) is 19.5 Å². The molecule has 3 aromatic heterocycles. The minimum Gasteiger partial charge on any atom is -0.477 e. The largest absolute Gasteiger partial charge is 0.477 e. The van der Waals surface area contributed by atoms with Gasteiger partial charge < -0.3 is 9.30 Å². The summed E-state index contributed by atoms with van der Waals surface area (Å²) in [7, 11) is 0. The topological polar surface area (TPSA) is 71.9 Å². The molecular formula is C19H24N6O. The van der Waals surface area contributed by atoms with Gasteiger partial charge >= 0.3 is 0 Å². The fourth-order valence-corrected chi connectivity index (χ4v) is 3.48. The quantitative estimate of drug-likeness (QED) is 0.738. The maximum Gasteiger partial charge on any atom is 0.213 e. The number of imidazole rings is 1. The Balaban J connectivity index is 1.39. The van der Waals surface area contributed by atoms with E-state index in [0.717, 1.165) is 43.3 Å². The van der Waals surface area contributed by atoms with Crippen LogP contribution in [0.4, 0.5) is 0 Å². The molecule has 0 radical (unpaired) electrons. The van der Waals surface area contributed by atoms with E-state index in [1.165, 1.54) is 5.69 Å². The number of aromatic amines is 1. The number of fused-ring (bicyclic) bond motifs is 1. The van der Waals surface area contributed by atoms with Crippen LogP contribution >= 0.6 is 0 Å². The fraction of sp³-hybridized carbons (Fsp3) is 0.421. The third-order valence-electron chi connectivity index (χ3n) is 4.87. The monoisotopic (exact) mass is 352 g/mol. The molecule has 7 heteroatoms. The summed E-state index contributed by atoms with van der Waals surface area (Å²) in [6.07, 6.45) is 4.55. The van der Waals surface area contributed by atoms with Gasteiger partial charge in [-0.3, -0.25) is 10.00 Å². The average Bonchev–Trinajstić information content (AvgIpc) is 3.25. The summed E-state index contributed by atoms with van der Waals surface area (Å²) in [5, 5.41) is 7.37. The first kappa shape index (κ1) is 16.8. The molecule has 7 nitrogen and oxygen atoms in total. The van der Waals surface area contributed by atoms with E-state index < -0.39 is 0 Å². The van der Waals surface area contributed by atoms with Gasteiger partial charge in [0.1, 0.15) is 5.82 Å². The number of nitrogens with zero attached hydrogens (tertiary/aromatic N) is 5. The van der Waals surface area contributed by atoms with Crippen molar-refractivity contribution in [1.29, 1.82) is 0 Å². The van der Waals surface area contributed by atoms with Crippen LogP contribution in [0.15, 0.2) is 36.7 Å². The lowest BCUT2D eigenvalue weighted by molar-refractivity contribution is 0.152. The molecule has 0 amide bonds. The van der Waals surface area contributed by atoms with E-state index in [-0.39, 0.29) is 6.04 Å². The summed E-state index contributed by atoms with van der Waals surface area (Å²) in [6.45, 7) is 7.63. The summed E-state index contributed by atoms with van der Waals surface area (Å²) in [4.78, 5) is 11.3. The number of aryl methyl sites for hydroxylation is 1. The Morgan fingerprint density at radius 2 is 2.19 bits per heavy atom. The molecule has 0 aromatic carbocycles. The van der Waals surface area contributed by atoms with E-state index in [1.807, 2.05) is 31.3 Å². The van der Waals surface area contributed by atoms with Crippen molar-refractivity contribution in [3.05, 3.63) is 59.6 Å². The third-order valence-corrected chi connectivity index (χ3v) is 4.87. The van der Waals surface area contributed by atoms with E-state index in [0.29, 0.717) is 12.5 Å². The Bertz CT molecular complexity index is 856. The molecular weight excluding hydrogens is 328 g/mol. The molecule has 0 fully saturated rings. The van der Waals surface area contributed by atoms with Crippen molar-refractivity contribution in [2.45, 2.75) is 39.4 Å². The lowest BCUT2D eigenvalue weighted by Gasteiger charge is -2.33. The van der Waals surface area contributed by atoms with Crippen molar-refractivity contribution >= 4 is 0 Å². The number of nitrogens with one attached hydrogen (secondary N) is 1. The van der Waals surface area contributed by atoms with Gasteiger partial charge in [-0.1, -0.05) is 6.07 Å². The van der Waals surface area contributed by atoms with Gasteiger partial charge in [-0.05, 0) is 26.0 Å². The van der Waals surface area contributed by atoms with Crippen molar-refractivity contribution in [2.75, 3.05) is 13.2 Å². The highest BCUT2D eigenvalue weighted by atomic mass is 16.5. The van der Waals surface area contributed by atoms with Crippen molar-refractivity contribution in [3.8, 4) is 5.88 Å². The predicted octanol–water partition coefficient (Wildman–Crippen LogP) is 2.51. The van der Waals surface area contributed by atoms with Crippen molar-refractivity contribution in [3.63, 3.8) is 0 Å². The Hall–Kier alpha value is -2.67. The first-order chi connectivity index (χ1) is 12.7. The molecule has 0 saturated heterocycles. The van der Waals surface area contributed by atoms with E-state index >= 15 is 0 Å². The molecule has 0 bridgehead atoms. The summed E-state index contributed by atoms with van der Waals surface area (Å²) in [5.41, 5.74) is 3.40. The second kappa shape index (κ2) is 7.29. The molecule has 3 aromatic rings. The zero-order valence-corrected chi connectivity index (χ0v) is 15.2. The summed E-state index contributed by atoms with van der Waals surface area (Å²) >= 11 is 0. The second-order valence-electron chi connectivity index (χ2n) is 6.71. The summed E-state index contributed by atoms with van der Waals surface area (Å²) in [6, 6.07) is 8.07. The van der Waals surface area contributed by atoms with Crippen molar-refractivity contribution < 1.29 is 4.74 Å². The van der Waals surface area contributed by atoms with Crippen LogP contribution in [0.5, 0.6) is 5.88 Å². The molecule has 4 rings (SSSR count). The molecule has 26 heavy (non-hydrogen) atoms. The number of hydrogen-bond donors (Lipinski definition) is 1. The summed E-state index contributed by atoms with van der Waals surface area (Å²) < 4.78 is 8.06. The molecule has 4 heterocycles. The number of ether oxygens (including phenoxy) is 1. The minimum absolute atomic E-state index is 0.270. The van der Waals surface area contributed by atoms with Crippen LogP contribution in [0.3, 0.4) is 0 Å². The zero-order valence-electron chi connectivity index (χ0n) is 15.2. The Kier molecular flexibility index (Phi) is 4.71. The highest BCUT2D eigenvalue weighted by Crippen LogP contribution is 2.26. The van der Waals surface area contributed by atoms with Crippen molar-refractivity contribution in [1.82, 2.24) is 29.6 Å². The smallest absolute Gasteiger partial charge is 0.213 e. The highest BCUT2D eigenvalue weighted by Gasteiger charge is 2.27. The van der Waals surface area contributed by atoms with Gasteiger partial charge in [0.15, 0.2) is 0 Å². The predicted molar refractivity (Wildman–Crippen MR) is 97.8 cm³/mol. The average molecular weight is 352 g/mol. The zero-order chi connectivity index (χ0) is 17.9. The van der Waals surface area contributed by atoms with Gasteiger partial charge in [-0.15, -0.1) is 0 Å². The maximum atomic E-state index is 5.73. The van der Waals surface area contributed by atoms with E-state index in [2.05, 4.69) is 42.6 Å². The normalized spacial score (nSPS) is 17.2. The first-order valence-electron chi connectivity index (χ1n) is 9.04. The van der Waals surface area contributed by atoms with Crippen LogP contribution in [-0.4, -0.2) is 42.8 Å². The van der Waals surface area contributed by atoms with Gasteiger partial charge in [-0.25, -0.2) is 9.97 Å². The number of aromatic nitrogens is 5. The second-order valence-corrected chi connectivity index (χ2v) is 6.71. The van der Waals surface area contributed by atoms with Crippen LogP contribution in [0.1, 0.15) is 35.9 Å². The van der Waals surface area contributed by atoms with Gasteiger partial charge in [-0.2, -0.15) is 5.10 Å². The maximum absolute atomic E-state index is 5.73. The lowest BCUT2D eigenvalue weighted by atomic mass is 10.2. The van der Waals surface area contributed by atoms with Crippen LogP contribution in [0.25, 0.3) is 0 Å². The Labute approximate surface area is 153 Å². The molecule has 0 unspecified atom stereocenters. The van der Waals surface area contributed by atoms with Gasteiger partial charge in [0.05, 0.1) is 18.3 Å². The standard InChI is InChI=1S/C19H24N6O/c1-14-11-16(23-22-14)13-24-8-9-25-17(12-21-19(25)15(24)2)6-10-26-18-5-3-4-7-20-18/h3-5,7,11-12,15H,6,8-10,13H2,1-2H3,(H,22,23)/t15-/m0/s1. The molecule has 1 atom stereocenters. The molecule has 0 aliphatic carbocycles. The highest BCUT2D eigenvalue weighted by molar-refractivity contribution is 5.14. The number of H-pyrrole nitrogens is 1. The molecule has 136 valence electrons. The molecule has 0 saturated carbocycles. The van der Waals surface area contributed by atoms with E-state index in [4.69, 9.17) is 4.74 Å². The SMILES string of the molecule is Cc1cc(CN2CCn3c(CCOc4ccccn4)cnc3[C@@H]2C)n[nH]1. The minimum atomic E-state index is 0.270. The number of pyridine rings is 1. The lowest BCUT2D eigenvalue weighted by Crippen LogP contribution is -2.37. The van der Waals surface area contributed by atoms with E-state index in [9.17, 15) is 0 Å². The van der Waals surface area contributed by atoms with Crippen molar-refractivity contribution in [2.24, 2.45) is 0 Å². The summed E-state index contributed by atoms with van der Waals surface area (Å²) in [5.74, 6) is 1.79. The molecule has 1 aliphatic heterocycles. The number of hydrogen-bond acceptors (Lipinski definition) is 5. The first-order valence-corrected chi connectivity index (χ1v) is 9.04. The Morgan fingerprint density at radius 3 is 2.96 bits per heavy atom. The van der Waals surface area contributed by atoms with Crippen LogP contribution in [0, 0.1) is 6.92 Å². The molecule has 1 aliphatic rings. The van der Waals surface area contributed by atoms with Gasteiger partial charge in [0.25, 0.3) is 0 Å². The number of rotatable bonds is 6. The van der Waals surface area contributed by atoms with Gasteiger partial charge in [0, 0.05) is 55.9 Å². The van der Waals surface area contributed by atoms with Crippen LogP contribution < -0.4 is 4.74 Å². The van der Waals surface area contributed by atoms with Gasteiger partial charge in [0.2, 0.25) is 5.88 Å². The molecule has 1 N–H and O–H groups in total. The fourth-order valence-electron chi connectivity index (χ4n) is 3.48. The van der Waals surface area contributed by atoms with Crippen LogP contribution in [0.2, 0.25) is 0 Å². The third kappa shape index (κ3) is 3.48.